The van der Waals surface area contributed by atoms with Gasteiger partial charge < -0.3 is 14.4 Å². The minimum atomic E-state index is -0.480. The van der Waals surface area contributed by atoms with Gasteiger partial charge in [0.15, 0.2) is 0 Å². The van der Waals surface area contributed by atoms with Crippen LogP contribution >= 0.6 is 11.8 Å². The van der Waals surface area contributed by atoms with E-state index in [1.165, 1.54) is 11.8 Å². The standard InChI is InChI=1S/C19H24N2O5S/c1-25-10-11-26-13-6-8-21(9-7-13)19(24)14-4-2-3-5-15(14)27-16-12-17(22)20-18(16)23/h2-5,13,16H,6-12H2,1H3,(H,20,22,23)/t16-/m0/s1. The number of ether oxygens (including phenoxy) is 2. The first-order valence-electron chi connectivity index (χ1n) is 9.07. The quantitative estimate of drug-likeness (QED) is 0.559. The monoisotopic (exact) mass is 392 g/mol. The Hall–Kier alpha value is -1.90. The topological polar surface area (TPSA) is 84.9 Å². The summed E-state index contributed by atoms with van der Waals surface area (Å²) in [6.07, 6.45) is 1.90. The molecule has 3 amide bonds. The normalized spacial score (nSPS) is 20.8. The molecule has 2 fully saturated rings. The lowest BCUT2D eigenvalue weighted by Crippen LogP contribution is -2.41. The Bertz CT molecular complexity index is 703. The molecule has 7 nitrogen and oxygen atoms in total. The molecule has 2 heterocycles. The number of nitrogens with one attached hydrogen (secondary N) is 1. The molecule has 0 bridgehead atoms. The highest BCUT2D eigenvalue weighted by molar-refractivity contribution is 8.00. The zero-order valence-electron chi connectivity index (χ0n) is 15.3. The molecule has 3 rings (SSSR count). The Morgan fingerprint density at radius 1 is 1.22 bits per heavy atom. The van der Waals surface area contributed by atoms with Crippen molar-refractivity contribution in [3.05, 3.63) is 29.8 Å². The van der Waals surface area contributed by atoms with Crippen LogP contribution < -0.4 is 5.32 Å². The molecule has 146 valence electrons. The zero-order valence-corrected chi connectivity index (χ0v) is 16.1. The third-order valence-corrected chi connectivity index (χ3v) is 5.96. The van der Waals surface area contributed by atoms with Gasteiger partial charge in [-0.15, -0.1) is 11.8 Å². The second kappa shape index (κ2) is 9.34. The Morgan fingerprint density at radius 2 is 1.96 bits per heavy atom. The SMILES string of the molecule is COCCOC1CCN(C(=O)c2ccccc2S[C@H]2CC(=O)NC2=O)CC1. The number of carbonyl (C=O) groups excluding carboxylic acids is 3. The molecule has 2 saturated heterocycles. The van der Waals surface area contributed by atoms with Crippen molar-refractivity contribution in [3.8, 4) is 0 Å². The van der Waals surface area contributed by atoms with Gasteiger partial charge in [-0.25, -0.2) is 0 Å². The van der Waals surface area contributed by atoms with E-state index in [2.05, 4.69) is 5.32 Å². The third-order valence-electron chi connectivity index (χ3n) is 4.68. The van der Waals surface area contributed by atoms with Crippen molar-refractivity contribution in [1.82, 2.24) is 10.2 Å². The number of carbonyl (C=O) groups is 3. The van der Waals surface area contributed by atoms with Gasteiger partial charge in [0, 0.05) is 31.5 Å². The van der Waals surface area contributed by atoms with Crippen LogP contribution in [0.5, 0.6) is 0 Å². The highest BCUT2D eigenvalue weighted by atomic mass is 32.2. The fourth-order valence-electron chi connectivity index (χ4n) is 3.22. The van der Waals surface area contributed by atoms with Crippen LogP contribution in [-0.4, -0.2) is 67.4 Å². The zero-order chi connectivity index (χ0) is 19.2. The molecule has 8 heteroatoms. The number of imide groups is 1. The fourth-order valence-corrected chi connectivity index (χ4v) is 4.37. The summed E-state index contributed by atoms with van der Waals surface area (Å²) in [4.78, 5) is 38.8. The number of rotatable bonds is 7. The summed E-state index contributed by atoms with van der Waals surface area (Å²) in [5.74, 6) is -0.601. The maximum absolute atomic E-state index is 13.0. The van der Waals surface area contributed by atoms with Gasteiger partial charge in [0.05, 0.1) is 30.1 Å². The third kappa shape index (κ3) is 5.09. The predicted molar refractivity (Wildman–Crippen MR) is 101 cm³/mol. The van der Waals surface area contributed by atoms with Crippen LogP contribution in [0.1, 0.15) is 29.6 Å². The molecule has 0 aliphatic carbocycles. The van der Waals surface area contributed by atoms with Crippen LogP contribution in [0.25, 0.3) is 0 Å². The maximum atomic E-state index is 13.0. The van der Waals surface area contributed by atoms with Crippen LogP contribution in [0.3, 0.4) is 0 Å². The van der Waals surface area contributed by atoms with Gasteiger partial charge in [0.2, 0.25) is 11.8 Å². The number of hydrogen-bond donors (Lipinski definition) is 1. The summed E-state index contributed by atoms with van der Waals surface area (Å²) in [7, 11) is 1.64. The van der Waals surface area contributed by atoms with Crippen LogP contribution in [0, 0.1) is 0 Å². The Labute approximate surface area is 162 Å². The van der Waals surface area contributed by atoms with E-state index < -0.39 is 5.25 Å². The fraction of sp³-hybridized carbons (Fsp3) is 0.526. The predicted octanol–water partition coefficient (Wildman–Crippen LogP) is 1.46. The number of nitrogens with zero attached hydrogens (tertiary/aromatic N) is 1. The van der Waals surface area contributed by atoms with E-state index in [1.54, 1.807) is 13.2 Å². The molecule has 0 spiro atoms. The van der Waals surface area contributed by atoms with Gasteiger partial charge in [0.25, 0.3) is 5.91 Å². The number of amides is 3. The average molecular weight is 392 g/mol. The number of hydrogen-bond acceptors (Lipinski definition) is 6. The van der Waals surface area contributed by atoms with Crippen molar-refractivity contribution in [2.75, 3.05) is 33.4 Å². The van der Waals surface area contributed by atoms with Gasteiger partial charge in [-0.1, -0.05) is 12.1 Å². The van der Waals surface area contributed by atoms with Gasteiger partial charge in [-0.3, -0.25) is 19.7 Å². The van der Waals surface area contributed by atoms with Crippen LogP contribution in [0.15, 0.2) is 29.2 Å². The van der Waals surface area contributed by atoms with E-state index in [0.717, 1.165) is 17.7 Å². The van der Waals surface area contributed by atoms with Crippen molar-refractivity contribution in [2.45, 2.75) is 35.5 Å². The van der Waals surface area contributed by atoms with E-state index in [0.29, 0.717) is 31.9 Å². The highest BCUT2D eigenvalue weighted by Gasteiger charge is 2.33. The molecule has 0 radical (unpaired) electrons. The van der Waals surface area contributed by atoms with Crippen molar-refractivity contribution in [2.24, 2.45) is 0 Å². The lowest BCUT2D eigenvalue weighted by atomic mass is 10.1. The molecule has 0 aromatic heterocycles. The molecule has 0 unspecified atom stereocenters. The molecule has 1 N–H and O–H groups in total. The molecule has 0 saturated carbocycles. The number of benzene rings is 1. The lowest BCUT2D eigenvalue weighted by molar-refractivity contribution is -0.124. The first-order chi connectivity index (χ1) is 13.1. The maximum Gasteiger partial charge on any atom is 0.254 e. The second-order valence-corrected chi connectivity index (χ2v) is 7.82. The molecule has 1 atom stereocenters. The minimum Gasteiger partial charge on any atom is -0.382 e. The van der Waals surface area contributed by atoms with Crippen LogP contribution in [0.4, 0.5) is 0 Å². The Morgan fingerprint density at radius 3 is 2.63 bits per heavy atom. The van der Waals surface area contributed by atoms with E-state index in [4.69, 9.17) is 9.47 Å². The first kappa shape index (κ1) is 19.9. The Kier molecular flexibility index (Phi) is 6.87. The van der Waals surface area contributed by atoms with Crippen molar-refractivity contribution in [1.29, 1.82) is 0 Å². The molecule has 2 aliphatic rings. The smallest absolute Gasteiger partial charge is 0.254 e. The summed E-state index contributed by atoms with van der Waals surface area (Å²) in [5.41, 5.74) is 0.577. The number of likely N-dealkylation sites (tertiary alicyclic amines) is 1. The molecule has 1 aromatic carbocycles. The van der Waals surface area contributed by atoms with Gasteiger partial charge in [-0.2, -0.15) is 0 Å². The van der Waals surface area contributed by atoms with Gasteiger partial charge >= 0.3 is 0 Å². The van der Waals surface area contributed by atoms with E-state index in [-0.39, 0.29) is 30.2 Å². The van der Waals surface area contributed by atoms with Crippen molar-refractivity contribution in [3.63, 3.8) is 0 Å². The van der Waals surface area contributed by atoms with Crippen molar-refractivity contribution < 1.29 is 23.9 Å². The second-order valence-electron chi connectivity index (χ2n) is 6.57. The molecule has 27 heavy (non-hydrogen) atoms. The summed E-state index contributed by atoms with van der Waals surface area (Å²) in [6.45, 7) is 2.41. The van der Waals surface area contributed by atoms with Gasteiger partial charge in [-0.05, 0) is 25.0 Å². The van der Waals surface area contributed by atoms with Crippen LogP contribution in [-0.2, 0) is 19.1 Å². The number of methoxy groups -OCH3 is 1. The van der Waals surface area contributed by atoms with E-state index in [1.807, 2.05) is 23.1 Å². The lowest BCUT2D eigenvalue weighted by Gasteiger charge is -2.32. The number of piperidine rings is 1. The molecule has 2 aliphatic heterocycles. The van der Waals surface area contributed by atoms with E-state index >= 15 is 0 Å². The first-order valence-corrected chi connectivity index (χ1v) is 9.95. The summed E-state index contributed by atoms with van der Waals surface area (Å²) in [6, 6.07) is 7.26. The highest BCUT2D eigenvalue weighted by Crippen LogP contribution is 2.31. The summed E-state index contributed by atoms with van der Waals surface area (Å²) in [5, 5.41) is 1.83. The van der Waals surface area contributed by atoms with E-state index in [9.17, 15) is 14.4 Å². The molecule has 1 aromatic rings. The van der Waals surface area contributed by atoms with Gasteiger partial charge in [0.1, 0.15) is 0 Å². The van der Waals surface area contributed by atoms with Crippen molar-refractivity contribution >= 4 is 29.5 Å². The summed E-state index contributed by atoms with van der Waals surface area (Å²) >= 11 is 1.28. The minimum absolute atomic E-state index is 0.0434. The largest absolute Gasteiger partial charge is 0.382 e. The Balaban J connectivity index is 1.61. The molecular formula is C19H24N2O5S. The average Bonchev–Trinajstić information content (AvgIpc) is 2.99. The summed E-state index contributed by atoms with van der Waals surface area (Å²) < 4.78 is 10.7. The number of thioether (sulfide) groups is 1. The van der Waals surface area contributed by atoms with Crippen LogP contribution in [0.2, 0.25) is 0 Å². The molecular weight excluding hydrogens is 368 g/mol.